The summed E-state index contributed by atoms with van der Waals surface area (Å²) in [5.74, 6) is -2.03. The van der Waals surface area contributed by atoms with Gasteiger partial charge in [0.05, 0.1) is 11.0 Å². The maximum absolute atomic E-state index is 13.2. The van der Waals surface area contributed by atoms with Gasteiger partial charge in [-0.05, 0) is 70.3 Å². The average molecular weight is 600 g/mol. The Morgan fingerprint density at radius 1 is 1.14 bits per heavy atom. The van der Waals surface area contributed by atoms with Gasteiger partial charge in [-0.15, -0.1) is 0 Å². The molecule has 0 aromatic heterocycles. The minimum absolute atomic E-state index is 0.0413. The van der Waals surface area contributed by atoms with E-state index < -0.39 is 53.2 Å². The third-order valence-electron chi connectivity index (χ3n) is 9.31. The van der Waals surface area contributed by atoms with Crippen LogP contribution in [0.3, 0.4) is 0 Å². The summed E-state index contributed by atoms with van der Waals surface area (Å²) in [6.07, 6.45) is 1.18. The number of hydrogen-bond donors (Lipinski definition) is 4. The quantitative estimate of drug-likeness (QED) is 0.303. The molecule has 2 amide bonds. The monoisotopic (exact) mass is 599 g/mol. The van der Waals surface area contributed by atoms with Gasteiger partial charge in [0.15, 0.2) is 23.7 Å². The molecule has 0 radical (unpaired) electrons. The van der Waals surface area contributed by atoms with Gasteiger partial charge in [0.2, 0.25) is 11.8 Å². The zero-order valence-corrected chi connectivity index (χ0v) is 25.4. The minimum atomic E-state index is -1.32. The van der Waals surface area contributed by atoms with E-state index in [0.717, 1.165) is 11.1 Å². The first kappa shape index (κ1) is 30.8. The van der Waals surface area contributed by atoms with Gasteiger partial charge in [0, 0.05) is 24.9 Å². The van der Waals surface area contributed by atoms with Crippen molar-refractivity contribution >= 4 is 23.8 Å². The van der Waals surface area contributed by atoms with Crippen molar-refractivity contribution in [2.45, 2.75) is 102 Å². The molecule has 7 unspecified atom stereocenters. The molecule has 43 heavy (non-hydrogen) atoms. The highest BCUT2D eigenvalue weighted by Crippen LogP contribution is 2.65. The Balaban J connectivity index is 1.28. The Bertz CT molecular complexity index is 1380. The van der Waals surface area contributed by atoms with Gasteiger partial charge >= 0.3 is 11.9 Å². The van der Waals surface area contributed by atoms with Crippen molar-refractivity contribution in [2.75, 3.05) is 13.6 Å². The number of esters is 2. The number of carbonyl (C=O) groups excluding carboxylic acids is 4. The lowest BCUT2D eigenvalue weighted by molar-refractivity contribution is -0.176. The normalized spacial score (nSPS) is 28.9. The van der Waals surface area contributed by atoms with Crippen molar-refractivity contribution in [3.8, 4) is 11.5 Å². The van der Waals surface area contributed by atoms with E-state index in [0.29, 0.717) is 31.6 Å². The van der Waals surface area contributed by atoms with Gasteiger partial charge in [-0.3, -0.25) is 9.59 Å². The van der Waals surface area contributed by atoms with E-state index in [1.54, 1.807) is 12.1 Å². The number of amides is 2. The van der Waals surface area contributed by atoms with Gasteiger partial charge in [0.25, 0.3) is 0 Å². The van der Waals surface area contributed by atoms with E-state index in [1.807, 2.05) is 27.0 Å². The number of phenols is 1. The number of rotatable bonds is 9. The molecule has 7 atom stereocenters. The minimum Gasteiger partial charge on any atom is -0.504 e. The van der Waals surface area contributed by atoms with E-state index in [4.69, 9.17) is 14.2 Å². The van der Waals surface area contributed by atoms with Crippen molar-refractivity contribution in [2.24, 2.45) is 5.92 Å². The molecule has 2 aliphatic carbocycles. The lowest BCUT2D eigenvalue weighted by atomic mass is 9.50. The van der Waals surface area contributed by atoms with E-state index in [9.17, 15) is 29.4 Å². The van der Waals surface area contributed by atoms with Crippen LogP contribution in [0.1, 0.15) is 65.0 Å². The standard InChI is InChI=1S/C31H41N3O9/c1-15(2)13-20(33-18(5)35)27(37)32-16(3)28(38)41-17(4)29(39)42-22-9-10-31(40)23-14-19-7-8-21(36)25-24(19)30(31,26(22)43-25)11-12-34(23)6/h7-9,15-17,20,23,26,36,40H,10-14H2,1-6H3,(H,32,37)(H,33,35). The van der Waals surface area contributed by atoms with E-state index in [1.165, 1.54) is 20.8 Å². The number of aliphatic hydroxyl groups is 1. The van der Waals surface area contributed by atoms with Crippen molar-refractivity contribution in [1.82, 2.24) is 15.5 Å². The summed E-state index contributed by atoms with van der Waals surface area (Å²) < 4.78 is 17.4. The second-order valence-electron chi connectivity index (χ2n) is 12.7. The molecule has 1 aromatic carbocycles. The van der Waals surface area contributed by atoms with Crippen LogP contribution in [-0.2, 0) is 40.5 Å². The second kappa shape index (κ2) is 11.1. The molecule has 1 spiro atoms. The van der Waals surface area contributed by atoms with Crippen LogP contribution in [0.2, 0.25) is 0 Å². The van der Waals surface area contributed by atoms with Gasteiger partial charge in [-0.25, -0.2) is 9.59 Å². The topological polar surface area (TPSA) is 164 Å². The molecule has 234 valence electrons. The lowest BCUT2D eigenvalue weighted by Crippen LogP contribution is -2.74. The summed E-state index contributed by atoms with van der Waals surface area (Å²) >= 11 is 0. The highest BCUT2D eigenvalue weighted by Gasteiger charge is 2.72. The van der Waals surface area contributed by atoms with E-state index in [-0.39, 0.29) is 35.8 Å². The van der Waals surface area contributed by atoms with Crippen LogP contribution in [0.4, 0.5) is 0 Å². The van der Waals surface area contributed by atoms with Crippen LogP contribution in [0.15, 0.2) is 24.0 Å². The van der Waals surface area contributed by atoms with Crippen LogP contribution in [0.5, 0.6) is 11.5 Å². The molecule has 2 bridgehead atoms. The van der Waals surface area contributed by atoms with Crippen molar-refractivity contribution < 1.29 is 43.6 Å². The van der Waals surface area contributed by atoms with Crippen LogP contribution in [0.25, 0.3) is 0 Å². The fraction of sp³-hybridized carbons (Fsp3) is 0.613. The largest absolute Gasteiger partial charge is 0.504 e. The summed E-state index contributed by atoms with van der Waals surface area (Å²) in [4.78, 5) is 52.4. The Labute approximate surface area is 250 Å². The maximum atomic E-state index is 13.2. The van der Waals surface area contributed by atoms with Crippen LogP contribution in [-0.4, -0.2) is 88.4 Å². The summed E-state index contributed by atoms with van der Waals surface area (Å²) in [7, 11) is 1.98. The predicted molar refractivity (Wildman–Crippen MR) is 153 cm³/mol. The fourth-order valence-electron chi connectivity index (χ4n) is 7.28. The number of nitrogens with one attached hydrogen (secondary N) is 2. The number of benzene rings is 1. The van der Waals surface area contributed by atoms with Gasteiger partial charge in [-0.2, -0.15) is 0 Å². The number of likely N-dealkylation sites (tertiary alicyclic amines) is 1. The number of likely N-dealkylation sites (N-methyl/N-ethyl adjacent to an activating group) is 1. The number of aromatic hydroxyl groups is 1. The molecule has 12 nitrogen and oxygen atoms in total. The smallest absolute Gasteiger partial charge is 0.352 e. The summed E-state index contributed by atoms with van der Waals surface area (Å²) in [5, 5.41) is 28.0. The maximum Gasteiger partial charge on any atom is 0.352 e. The first-order chi connectivity index (χ1) is 20.2. The molecule has 2 aliphatic heterocycles. The molecule has 4 N–H and O–H groups in total. The Morgan fingerprint density at radius 2 is 1.86 bits per heavy atom. The lowest BCUT2D eigenvalue weighted by Gasteiger charge is -2.61. The molecule has 5 rings (SSSR count). The third-order valence-corrected chi connectivity index (χ3v) is 9.31. The molecular formula is C31H41N3O9. The Hall–Kier alpha value is -3.64. The van der Waals surface area contributed by atoms with Gasteiger partial charge < -0.3 is 40.0 Å². The SMILES string of the molecule is CC(=O)NC(CC(C)C)C(=O)NC(C)C(=O)OC(C)C(=O)OC1=CCC2(O)C3Cc4ccc(O)c5c4C2(CCN3C)C1O5. The predicted octanol–water partition coefficient (Wildman–Crippen LogP) is 1.20. The highest BCUT2D eigenvalue weighted by atomic mass is 16.6. The number of phenolic OH excluding ortho intramolecular Hbond substituents is 1. The number of nitrogens with zero attached hydrogens (tertiary/aromatic N) is 1. The molecule has 1 aromatic rings. The van der Waals surface area contributed by atoms with Crippen molar-refractivity contribution in [3.05, 3.63) is 35.1 Å². The first-order valence-corrected chi connectivity index (χ1v) is 14.8. The fourth-order valence-corrected chi connectivity index (χ4v) is 7.28. The van der Waals surface area contributed by atoms with Crippen LogP contribution in [0, 0.1) is 5.92 Å². The molecular weight excluding hydrogens is 558 g/mol. The number of hydrogen-bond acceptors (Lipinski definition) is 10. The van der Waals surface area contributed by atoms with E-state index in [2.05, 4.69) is 15.5 Å². The second-order valence-corrected chi connectivity index (χ2v) is 12.7. The zero-order valence-electron chi connectivity index (χ0n) is 25.4. The molecule has 4 aliphatic rings. The summed E-state index contributed by atoms with van der Waals surface area (Å²) in [5.41, 5.74) is -0.375. The third kappa shape index (κ3) is 5.04. The van der Waals surface area contributed by atoms with Crippen molar-refractivity contribution in [1.29, 1.82) is 0 Å². The molecule has 1 saturated heterocycles. The van der Waals surface area contributed by atoms with Gasteiger partial charge in [-0.1, -0.05) is 19.9 Å². The zero-order chi connectivity index (χ0) is 31.4. The Kier molecular flexibility index (Phi) is 7.97. The van der Waals surface area contributed by atoms with Crippen LogP contribution >= 0.6 is 0 Å². The summed E-state index contributed by atoms with van der Waals surface area (Å²) in [6.45, 7) is 8.60. The van der Waals surface area contributed by atoms with E-state index >= 15 is 0 Å². The Morgan fingerprint density at radius 3 is 2.53 bits per heavy atom. The molecule has 12 heteroatoms. The average Bonchev–Trinajstić information content (AvgIpc) is 3.28. The first-order valence-electron chi connectivity index (χ1n) is 14.8. The molecule has 2 heterocycles. The summed E-state index contributed by atoms with van der Waals surface area (Å²) in [6, 6.07) is 1.34. The number of ether oxygens (including phenoxy) is 3. The molecule has 1 fully saturated rings. The molecule has 0 saturated carbocycles. The van der Waals surface area contributed by atoms with Crippen molar-refractivity contribution in [3.63, 3.8) is 0 Å². The number of carbonyl (C=O) groups is 4. The van der Waals surface area contributed by atoms with Gasteiger partial charge in [0.1, 0.15) is 17.8 Å². The van der Waals surface area contributed by atoms with Crippen LogP contribution < -0.4 is 15.4 Å². The highest BCUT2D eigenvalue weighted by molar-refractivity contribution is 5.90. The number of piperidine rings is 1.